The van der Waals surface area contributed by atoms with E-state index in [0.717, 1.165) is 60.2 Å². The lowest BCUT2D eigenvalue weighted by Crippen LogP contribution is -2.51. The van der Waals surface area contributed by atoms with Gasteiger partial charge in [0.1, 0.15) is 6.10 Å². The number of nitrogens with one attached hydrogen (secondary N) is 2. The first kappa shape index (κ1) is 48.9. The number of carbonyl (C=O) groups excluding carboxylic acids is 2. The van der Waals surface area contributed by atoms with Gasteiger partial charge < -0.3 is 35.8 Å². The molecule has 0 aliphatic heterocycles. The third kappa shape index (κ3) is 13.9. The predicted molar refractivity (Wildman–Crippen MR) is 224 cm³/mol. The number of carboxylic acid groups (broad SMARTS) is 4. The lowest BCUT2D eigenvalue weighted by Gasteiger charge is -2.58. The molecule has 0 heterocycles. The van der Waals surface area contributed by atoms with Gasteiger partial charge in [-0.2, -0.15) is 0 Å². The fourth-order valence-corrected chi connectivity index (χ4v) is 11.6. The summed E-state index contributed by atoms with van der Waals surface area (Å²) in [6, 6.07) is 0. The van der Waals surface area contributed by atoms with E-state index in [1.54, 1.807) is 0 Å². The van der Waals surface area contributed by atoms with E-state index in [-0.39, 0.29) is 57.3 Å². The Morgan fingerprint density at radius 3 is 1.88 bits per heavy atom. The molecule has 0 unspecified atom stereocenters. The van der Waals surface area contributed by atoms with Crippen molar-refractivity contribution in [3.63, 3.8) is 0 Å². The van der Waals surface area contributed by atoms with Crippen LogP contribution in [0.4, 0.5) is 4.79 Å². The van der Waals surface area contributed by atoms with Crippen molar-refractivity contribution in [2.24, 2.45) is 46.3 Å². The molecule has 0 spiro atoms. The number of alkyl carbamates (subject to hydrolysis) is 1. The van der Waals surface area contributed by atoms with Crippen molar-refractivity contribution in [1.29, 1.82) is 0 Å². The minimum Gasteiger partial charge on any atom is -0.480 e. The molecule has 0 aromatic rings. The number of carbonyl (C=O) groups is 6. The number of hydrogen-bond donors (Lipinski definition) is 6. The van der Waals surface area contributed by atoms with E-state index in [1.807, 2.05) is 0 Å². The van der Waals surface area contributed by atoms with E-state index < -0.39 is 62.1 Å². The summed E-state index contributed by atoms with van der Waals surface area (Å²) in [5, 5.41) is 42.4. The zero-order chi connectivity index (χ0) is 44.2. The van der Waals surface area contributed by atoms with E-state index in [2.05, 4.69) is 51.3 Å². The molecule has 4 aliphatic carbocycles. The smallest absolute Gasteiger partial charge is 0.407 e. The van der Waals surface area contributed by atoms with Gasteiger partial charge in [-0.25, -0.2) is 4.79 Å². The Hall–Kier alpha value is -3.76. The van der Waals surface area contributed by atoms with Crippen LogP contribution >= 0.6 is 0 Å². The van der Waals surface area contributed by atoms with Crippen LogP contribution < -0.4 is 10.6 Å². The molecule has 2 amide bonds. The van der Waals surface area contributed by atoms with Gasteiger partial charge >= 0.3 is 30.0 Å². The fraction of sp³-hybridized carbons (Fsp3) is 0.818. The molecular formula is C44H73N5O11. The molecule has 16 heteroatoms. The number of allylic oxidation sites excluding steroid dienone is 1. The van der Waals surface area contributed by atoms with E-state index in [1.165, 1.54) is 60.3 Å². The summed E-state index contributed by atoms with van der Waals surface area (Å²) >= 11 is 0. The Labute approximate surface area is 355 Å². The molecule has 0 saturated heterocycles. The highest BCUT2D eigenvalue weighted by Gasteiger charge is 2.59. The quantitative estimate of drug-likeness (QED) is 0.0551. The van der Waals surface area contributed by atoms with Gasteiger partial charge in [-0.05, 0) is 91.3 Å². The van der Waals surface area contributed by atoms with Crippen molar-refractivity contribution in [1.82, 2.24) is 25.3 Å². The maximum atomic E-state index is 12.8. The zero-order valence-corrected chi connectivity index (χ0v) is 36.7. The second kappa shape index (κ2) is 22.4. The largest absolute Gasteiger partial charge is 0.480 e. The molecule has 60 heavy (non-hydrogen) atoms. The van der Waals surface area contributed by atoms with Crippen LogP contribution in [0.5, 0.6) is 0 Å². The van der Waals surface area contributed by atoms with Gasteiger partial charge in [-0.15, -0.1) is 0 Å². The first-order valence-electron chi connectivity index (χ1n) is 22.3. The summed E-state index contributed by atoms with van der Waals surface area (Å²) in [5.41, 5.74) is 2.01. The average Bonchev–Trinajstić information content (AvgIpc) is 3.50. The van der Waals surface area contributed by atoms with Crippen LogP contribution in [0.3, 0.4) is 0 Å². The maximum absolute atomic E-state index is 12.8. The van der Waals surface area contributed by atoms with E-state index in [0.29, 0.717) is 11.3 Å². The Bertz CT molecular complexity index is 1520. The summed E-state index contributed by atoms with van der Waals surface area (Å²) < 4.78 is 5.88. The van der Waals surface area contributed by atoms with E-state index >= 15 is 0 Å². The number of aliphatic carboxylic acids is 4. The van der Waals surface area contributed by atoms with Crippen molar-refractivity contribution in [2.45, 2.75) is 111 Å². The van der Waals surface area contributed by atoms with E-state index in [9.17, 15) is 39.0 Å². The van der Waals surface area contributed by atoms with Gasteiger partial charge in [0, 0.05) is 45.7 Å². The predicted octanol–water partition coefficient (Wildman–Crippen LogP) is 4.48. The highest BCUT2D eigenvalue weighted by Crippen LogP contribution is 2.67. The van der Waals surface area contributed by atoms with Crippen molar-refractivity contribution < 1.29 is 53.9 Å². The standard InChI is InChI=1S/C44H73N5O11/c1-29(2)7-6-8-30(3)34-11-12-35-33-10-9-31-23-32(13-15-43(31,4)36(33)14-16-44(34,35)5)60-42(59)46-18-17-45-37(50)24-48(26-39(53)54)21-19-47(25-38(51)52)20-22-49(27-40(55)56)28-41(57)58/h9,29-30,32-36H,6-8,10-28H2,1-5H3,(H,45,50)(H,46,59)(H,51,52)(H,53,54)(H,55,56)(H,57,58)/t30-,32+,33+,34-,35+,36+,43+,44-/m1/s1. The third-order valence-electron chi connectivity index (χ3n) is 14.5. The molecule has 4 rings (SSSR count). The van der Waals surface area contributed by atoms with Gasteiger partial charge in [0.2, 0.25) is 5.91 Å². The van der Waals surface area contributed by atoms with Crippen LogP contribution in [0.25, 0.3) is 0 Å². The second-order valence-corrected chi connectivity index (χ2v) is 19.1. The number of carboxylic acids is 4. The molecule has 0 radical (unpaired) electrons. The van der Waals surface area contributed by atoms with Gasteiger partial charge in [-0.1, -0.05) is 65.5 Å². The monoisotopic (exact) mass is 848 g/mol. The van der Waals surface area contributed by atoms with Crippen molar-refractivity contribution in [3.05, 3.63) is 11.6 Å². The Morgan fingerprint density at radius 2 is 1.28 bits per heavy atom. The van der Waals surface area contributed by atoms with Gasteiger partial charge in [-0.3, -0.25) is 38.7 Å². The lowest BCUT2D eigenvalue weighted by molar-refractivity contribution is -0.143. The minimum atomic E-state index is -1.24. The number of fused-ring (bicyclic) bond motifs is 5. The van der Waals surface area contributed by atoms with Crippen LogP contribution in [0.2, 0.25) is 0 Å². The molecule has 0 aromatic carbocycles. The van der Waals surface area contributed by atoms with E-state index in [4.69, 9.17) is 14.9 Å². The molecule has 8 atom stereocenters. The number of hydrogen-bond acceptors (Lipinski definition) is 10. The number of amides is 2. The molecule has 3 saturated carbocycles. The molecule has 340 valence electrons. The summed E-state index contributed by atoms with van der Waals surface area (Å²) in [5.74, 6) is -0.788. The van der Waals surface area contributed by atoms with Crippen LogP contribution in [0, 0.1) is 46.3 Å². The SMILES string of the molecule is CC(C)CCC[C@@H](C)[C@H]1CC[C@H]2[C@@H]3CC=C4C[C@@H](OC(=O)NCCNC(=O)CN(CCN(CCN(CC(=O)O)CC(=O)O)CC(=O)O)CC(=O)O)CC[C@]4(C)[C@H]3CC[C@]12C. The molecule has 0 bridgehead atoms. The lowest BCUT2D eigenvalue weighted by atomic mass is 9.47. The van der Waals surface area contributed by atoms with Crippen LogP contribution in [-0.4, -0.2) is 149 Å². The molecule has 3 fully saturated rings. The van der Waals surface area contributed by atoms with Crippen LogP contribution in [0.1, 0.15) is 105 Å². The summed E-state index contributed by atoms with van der Waals surface area (Å²) in [6.45, 7) is 10.0. The molecule has 6 N–H and O–H groups in total. The van der Waals surface area contributed by atoms with Crippen molar-refractivity contribution in [2.75, 3.05) is 72.0 Å². The average molecular weight is 848 g/mol. The molecular weight excluding hydrogens is 775 g/mol. The first-order chi connectivity index (χ1) is 28.3. The van der Waals surface area contributed by atoms with Crippen molar-refractivity contribution in [3.8, 4) is 0 Å². The van der Waals surface area contributed by atoms with Crippen molar-refractivity contribution >= 4 is 35.9 Å². The second-order valence-electron chi connectivity index (χ2n) is 19.1. The molecule has 4 aliphatic rings. The van der Waals surface area contributed by atoms with Crippen LogP contribution in [-0.2, 0) is 28.7 Å². The molecule has 0 aromatic heterocycles. The normalized spacial score (nSPS) is 27.8. The highest BCUT2D eigenvalue weighted by molar-refractivity contribution is 5.79. The minimum absolute atomic E-state index is 0.000815. The Balaban J connectivity index is 1.20. The number of rotatable bonds is 25. The number of nitrogens with zero attached hydrogens (tertiary/aromatic N) is 3. The first-order valence-corrected chi connectivity index (χ1v) is 22.3. The summed E-state index contributed by atoms with van der Waals surface area (Å²) in [4.78, 5) is 74.8. The summed E-state index contributed by atoms with van der Waals surface area (Å²) in [6.07, 6.45) is 14.7. The zero-order valence-electron chi connectivity index (χ0n) is 36.7. The van der Waals surface area contributed by atoms with Gasteiger partial charge in [0.25, 0.3) is 0 Å². The van der Waals surface area contributed by atoms with Gasteiger partial charge in [0.15, 0.2) is 0 Å². The maximum Gasteiger partial charge on any atom is 0.407 e. The fourth-order valence-electron chi connectivity index (χ4n) is 11.6. The highest BCUT2D eigenvalue weighted by atomic mass is 16.6. The van der Waals surface area contributed by atoms with Crippen LogP contribution in [0.15, 0.2) is 11.6 Å². The third-order valence-corrected chi connectivity index (χ3v) is 14.5. The topological polar surface area (TPSA) is 226 Å². The summed E-state index contributed by atoms with van der Waals surface area (Å²) in [7, 11) is 0. The molecule has 16 nitrogen and oxygen atoms in total. The number of ether oxygens (including phenoxy) is 1. The van der Waals surface area contributed by atoms with Gasteiger partial charge in [0.05, 0.1) is 32.7 Å². The Kier molecular flexibility index (Phi) is 18.2. The Morgan fingerprint density at radius 1 is 0.717 bits per heavy atom.